The Balaban J connectivity index is 4.05. The van der Waals surface area contributed by atoms with Gasteiger partial charge >= 0.3 is 0 Å². The molecule has 0 amide bonds. The molecule has 0 heterocycles. The molecule has 0 spiro atoms. The zero-order valence-corrected chi connectivity index (χ0v) is 8.83. The van der Waals surface area contributed by atoms with Crippen LogP contribution >= 0.6 is 0 Å². The molecule has 0 aromatic carbocycles. The highest BCUT2D eigenvalue weighted by Crippen LogP contribution is 2.25. The second kappa shape index (κ2) is 4.24. The number of aliphatic hydroxyl groups is 2. The van der Waals surface area contributed by atoms with Crippen LogP contribution in [-0.2, 0) is 0 Å². The lowest BCUT2D eigenvalue weighted by Crippen LogP contribution is -2.35. The van der Waals surface area contributed by atoms with Crippen molar-refractivity contribution in [2.75, 3.05) is 0 Å². The van der Waals surface area contributed by atoms with E-state index in [0.29, 0.717) is 6.42 Å². The van der Waals surface area contributed by atoms with E-state index >= 15 is 0 Å². The van der Waals surface area contributed by atoms with E-state index in [1.807, 2.05) is 27.7 Å². The van der Waals surface area contributed by atoms with Gasteiger partial charge in [-0.05, 0) is 32.1 Å². The molecule has 2 N–H and O–H groups in total. The molecule has 0 saturated carbocycles. The molecule has 12 heavy (non-hydrogen) atoms. The van der Waals surface area contributed by atoms with Gasteiger partial charge in [-0.25, -0.2) is 0 Å². The van der Waals surface area contributed by atoms with E-state index < -0.39 is 5.60 Å². The van der Waals surface area contributed by atoms with E-state index in [4.69, 9.17) is 0 Å². The van der Waals surface area contributed by atoms with Crippen molar-refractivity contribution in [2.24, 2.45) is 11.8 Å². The van der Waals surface area contributed by atoms with Crippen LogP contribution in [-0.4, -0.2) is 21.9 Å². The molecule has 0 bridgehead atoms. The van der Waals surface area contributed by atoms with Crippen molar-refractivity contribution < 1.29 is 10.2 Å². The Morgan fingerprint density at radius 1 is 1.17 bits per heavy atom. The summed E-state index contributed by atoms with van der Waals surface area (Å²) in [5.41, 5.74) is -0.656. The van der Waals surface area contributed by atoms with Gasteiger partial charge in [0, 0.05) is 0 Å². The zero-order valence-electron chi connectivity index (χ0n) is 8.83. The minimum Gasteiger partial charge on any atom is -0.393 e. The van der Waals surface area contributed by atoms with Crippen LogP contribution in [0.3, 0.4) is 0 Å². The highest BCUT2D eigenvalue weighted by atomic mass is 16.3. The van der Waals surface area contributed by atoms with E-state index in [2.05, 4.69) is 0 Å². The Morgan fingerprint density at radius 3 is 1.83 bits per heavy atom. The molecule has 0 aliphatic heterocycles. The first-order valence-corrected chi connectivity index (χ1v) is 4.68. The molecule has 74 valence electrons. The van der Waals surface area contributed by atoms with Crippen LogP contribution in [0.5, 0.6) is 0 Å². The van der Waals surface area contributed by atoms with Crippen LogP contribution in [0.2, 0.25) is 0 Å². The molecule has 0 radical (unpaired) electrons. The molecule has 2 heteroatoms. The van der Waals surface area contributed by atoms with Crippen molar-refractivity contribution in [1.29, 1.82) is 0 Å². The molecule has 0 aromatic heterocycles. The Labute approximate surface area is 75.6 Å². The third-order valence-electron chi connectivity index (χ3n) is 2.80. The number of rotatable bonds is 4. The number of hydrogen-bond donors (Lipinski definition) is 2. The summed E-state index contributed by atoms with van der Waals surface area (Å²) in [6.07, 6.45) is 0.317. The lowest BCUT2D eigenvalue weighted by molar-refractivity contribution is -0.0249. The molecular weight excluding hydrogens is 152 g/mol. The average molecular weight is 174 g/mol. The van der Waals surface area contributed by atoms with Gasteiger partial charge in [-0.2, -0.15) is 0 Å². The van der Waals surface area contributed by atoms with E-state index in [9.17, 15) is 10.2 Å². The SMILES string of the molecule is CC(O)C(C)CC(C)(O)C(C)C. The third kappa shape index (κ3) is 3.55. The molecule has 0 aliphatic carbocycles. The first-order valence-electron chi connectivity index (χ1n) is 4.68. The number of hydrogen-bond acceptors (Lipinski definition) is 2. The van der Waals surface area contributed by atoms with E-state index in [0.717, 1.165) is 0 Å². The normalized spacial score (nSPS) is 22.0. The fourth-order valence-corrected chi connectivity index (χ4v) is 1.06. The highest BCUT2D eigenvalue weighted by molar-refractivity contribution is 4.79. The predicted molar refractivity (Wildman–Crippen MR) is 50.9 cm³/mol. The maximum Gasteiger partial charge on any atom is 0.0646 e. The van der Waals surface area contributed by atoms with Crippen LogP contribution in [0.4, 0.5) is 0 Å². The standard InChI is InChI=1S/C10H22O2/c1-7(2)10(5,12)6-8(3)9(4)11/h7-9,11-12H,6H2,1-5H3. The third-order valence-corrected chi connectivity index (χ3v) is 2.80. The van der Waals surface area contributed by atoms with Crippen LogP contribution in [0.15, 0.2) is 0 Å². The first kappa shape index (κ1) is 11.9. The molecule has 0 saturated heterocycles. The summed E-state index contributed by atoms with van der Waals surface area (Å²) in [5.74, 6) is 0.390. The summed E-state index contributed by atoms with van der Waals surface area (Å²) >= 11 is 0. The topological polar surface area (TPSA) is 40.5 Å². The summed E-state index contributed by atoms with van der Waals surface area (Å²) in [6, 6.07) is 0. The predicted octanol–water partition coefficient (Wildman–Crippen LogP) is 1.80. The maximum atomic E-state index is 9.90. The minimum atomic E-state index is -0.656. The van der Waals surface area contributed by atoms with Gasteiger partial charge in [0.15, 0.2) is 0 Å². The first-order chi connectivity index (χ1) is 5.27. The molecular formula is C10H22O2. The van der Waals surface area contributed by atoms with E-state index in [1.54, 1.807) is 6.92 Å². The van der Waals surface area contributed by atoms with Crippen LogP contribution in [0.1, 0.15) is 41.0 Å². The van der Waals surface area contributed by atoms with Crippen molar-refractivity contribution >= 4 is 0 Å². The molecule has 3 unspecified atom stereocenters. The molecule has 0 aliphatic rings. The summed E-state index contributed by atoms with van der Waals surface area (Å²) in [7, 11) is 0. The van der Waals surface area contributed by atoms with Crippen molar-refractivity contribution in [3.8, 4) is 0 Å². The largest absolute Gasteiger partial charge is 0.393 e. The van der Waals surface area contributed by atoms with Crippen LogP contribution < -0.4 is 0 Å². The van der Waals surface area contributed by atoms with Gasteiger partial charge in [0.2, 0.25) is 0 Å². The Morgan fingerprint density at radius 2 is 1.58 bits per heavy atom. The summed E-state index contributed by atoms with van der Waals surface area (Å²) in [5, 5.41) is 19.2. The highest BCUT2D eigenvalue weighted by Gasteiger charge is 2.28. The molecule has 0 rings (SSSR count). The lowest BCUT2D eigenvalue weighted by Gasteiger charge is -2.31. The Kier molecular flexibility index (Phi) is 4.21. The van der Waals surface area contributed by atoms with Crippen LogP contribution in [0.25, 0.3) is 0 Å². The molecule has 0 fully saturated rings. The number of aliphatic hydroxyl groups excluding tert-OH is 1. The van der Waals surface area contributed by atoms with Crippen molar-refractivity contribution in [3.05, 3.63) is 0 Å². The smallest absolute Gasteiger partial charge is 0.0646 e. The fraction of sp³-hybridized carbons (Fsp3) is 1.00. The van der Waals surface area contributed by atoms with Gasteiger partial charge in [-0.3, -0.25) is 0 Å². The molecule has 3 atom stereocenters. The van der Waals surface area contributed by atoms with Gasteiger partial charge < -0.3 is 10.2 Å². The van der Waals surface area contributed by atoms with Gasteiger partial charge in [-0.15, -0.1) is 0 Å². The van der Waals surface area contributed by atoms with Gasteiger partial charge in [0.25, 0.3) is 0 Å². The Bertz CT molecular complexity index is 128. The second-order valence-corrected chi connectivity index (χ2v) is 4.43. The van der Waals surface area contributed by atoms with E-state index in [-0.39, 0.29) is 17.9 Å². The maximum absolute atomic E-state index is 9.90. The summed E-state index contributed by atoms with van der Waals surface area (Å²) in [6.45, 7) is 9.54. The summed E-state index contributed by atoms with van der Waals surface area (Å²) < 4.78 is 0. The van der Waals surface area contributed by atoms with E-state index in [1.165, 1.54) is 0 Å². The van der Waals surface area contributed by atoms with Gasteiger partial charge in [0.1, 0.15) is 0 Å². The molecule has 2 nitrogen and oxygen atoms in total. The lowest BCUT2D eigenvalue weighted by atomic mass is 9.82. The molecule has 0 aromatic rings. The van der Waals surface area contributed by atoms with Crippen LogP contribution in [0, 0.1) is 11.8 Å². The minimum absolute atomic E-state index is 0.155. The quantitative estimate of drug-likeness (QED) is 0.682. The Hall–Kier alpha value is -0.0800. The van der Waals surface area contributed by atoms with Gasteiger partial charge in [-0.1, -0.05) is 20.8 Å². The van der Waals surface area contributed by atoms with Crippen molar-refractivity contribution in [1.82, 2.24) is 0 Å². The zero-order chi connectivity index (χ0) is 9.94. The fourth-order valence-electron chi connectivity index (χ4n) is 1.06. The summed E-state index contributed by atoms with van der Waals surface area (Å²) in [4.78, 5) is 0. The second-order valence-electron chi connectivity index (χ2n) is 4.43. The average Bonchev–Trinajstić information content (AvgIpc) is 1.85. The monoisotopic (exact) mass is 174 g/mol. The van der Waals surface area contributed by atoms with Crippen molar-refractivity contribution in [2.45, 2.75) is 52.7 Å². The van der Waals surface area contributed by atoms with Crippen molar-refractivity contribution in [3.63, 3.8) is 0 Å². The van der Waals surface area contributed by atoms with Gasteiger partial charge in [0.05, 0.1) is 11.7 Å².